The second kappa shape index (κ2) is 3.83. The SMILES string of the molecule is Cc1ccc(N2C(=O)C3CCC(C3)C2=O)cc1O. The van der Waals surface area contributed by atoms with E-state index in [2.05, 4.69) is 0 Å². The molecule has 18 heavy (non-hydrogen) atoms. The van der Waals surface area contributed by atoms with Crippen LogP contribution in [-0.2, 0) is 9.59 Å². The lowest BCUT2D eigenvalue weighted by atomic mass is 9.96. The van der Waals surface area contributed by atoms with Crippen molar-refractivity contribution in [2.45, 2.75) is 26.2 Å². The molecule has 0 aromatic heterocycles. The van der Waals surface area contributed by atoms with Gasteiger partial charge in [-0.15, -0.1) is 0 Å². The molecule has 1 aliphatic heterocycles. The third-order valence-corrected chi connectivity index (χ3v) is 4.02. The average Bonchev–Trinajstić information content (AvgIpc) is 2.78. The van der Waals surface area contributed by atoms with E-state index in [0.29, 0.717) is 12.1 Å². The van der Waals surface area contributed by atoms with Gasteiger partial charge in [0.1, 0.15) is 5.75 Å². The molecule has 1 heterocycles. The Balaban J connectivity index is 2.02. The van der Waals surface area contributed by atoms with E-state index in [0.717, 1.165) is 18.4 Å². The number of imide groups is 1. The van der Waals surface area contributed by atoms with E-state index >= 15 is 0 Å². The maximum Gasteiger partial charge on any atom is 0.236 e. The summed E-state index contributed by atoms with van der Waals surface area (Å²) in [6, 6.07) is 4.94. The van der Waals surface area contributed by atoms with Crippen LogP contribution >= 0.6 is 0 Å². The Hall–Kier alpha value is -1.84. The Morgan fingerprint density at radius 3 is 2.33 bits per heavy atom. The van der Waals surface area contributed by atoms with Gasteiger partial charge in [0.25, 0.3) is 0 Å². The summed E-state index contributed by atoms with van der Waals surface area (Å²) in [5.74, 6) is -0.146. The van der Waals surface area contributed by atoms with Crippen LogP contribution in [0.15, 0.2) is 18.2 Å². The molecule has 3 rings (SSSR count). The molecular weight excluding hydrogens is 230 g/mol. The minimum absolute atomic E-state index is 0.0175. The third kappa shape index (κ3) is 1.52. The van der Waals surface area contributed by atoms with Crippen LogP contribution in [0.1, 0.15) is 24.8 Å². The molecular formula is C14H15NO3. The molecule has 2 atom stereocenters. The van der Waals surface area contributed by atoms with Crippen LogP contribution in [0.4, 0.5) is 5.69 Å². The van der Waals surface area contributed by atoms with E-state index in [9.17, 15) is 14.7 Å². The summed E-state index contributed by atoms with van der Waals surface area (Å²) in [6.45, 7) is 1.78. The van der Waals surface area contributed by atoms with Crippen molar-refractivity contribution in [3.05, 3.63) is 23.8 Å². The topological polar surface area (TPSA) is 57.6 Å². The predicted octanol–water partition coefficient (Wildman–Crippen LogP) is 1.99. The summed E-state index contributed by atoms with van der Waals surface area (Å²) in [6.07, 6.45) is 2.32. The van der Waals surface area contributed by atoms with E-state index in [1.54, 1.807) is 19.1 Å². The van der Waals surface area contributed by atoms with Gasteiger partial charge in [-0.2, -0.15) is 0 Å². The number of anilines is 1. The van der Waals surface area contributed by atoms with Crippen molar-refractivity contribution in [2.75, 3.05) is 4.90 Å². The van der Waals surface area contributed by atoms with Gasteiger partial charge in [-0.05, 0) is 37.8 Å². The normalized spacial score (nSPS) is 26.8. The number of carbonyl (C=O) groups excluding carboxylic acids is 2. The highest BCUT2D eigenvalue weighted by Gasteiger charge is 2.45. The quantitative estimate of drug-likeness (QED) is 0.770. The molecule has 2 aliphatic rings. The van der Waals surface area contributed by atoms with Crippen molar-refractivity contribution in [2.24, 2.45) is 11.8 Å². The van der Waals surface area contributed by atoms with E-state index < -0.39 is 0 Å². The summed E-state index contributed by atoms with van der Waals surface area (Å²) in [5, 5.41) is 9.70. The lowest BCUT2D eigenvalue weighted by Gasteiger charge is -2.29. The fraction of sp³-hybridized carbons (Fsp3) is 0.429. The molecule has 1 saturated heterocycles. The highest BCUT2D eigenvalue weighted by molar-refractivity contribution is 6.18. The second-order valence-electron chi connectivity index (χ2n) is 5.19. The highest BCUT2D eigenvalue weighted by Crippen LogP contribution is 2.40. The zero-order valence-electron chi connectivity index (χ0n) is 10.2. The van der Waals surface area contributed by atoms with E-state index in [1.807, 2.05) is 0 Å². The number of fused-ring (bicyclic) bond motifs is 2. The molecule has 1 aromatic carbocycles. The third-order valence-electron chi connectivity index (χ3n) is 4.02. The molecule has 2 amide bonds. The van der Waals surface area contributed by atoms with Gasteiger partial charge in [0, 0.05) is 17.9 Å². The molecule has 2 fully saturated rings. The molecule has 4 nitrogen and oxygen atoms in total. The highest BCUT2D eigenvalue weighted by atomic mass is 16.3. The van der Waals surface area contributed by atoms with Crippen LogP contribution in [-0.4, -0.2) is 16.9 Å². The lowest BCUT2D eigenvalue weighted by Crippen LogP contribution is -2.46. The average molecular weight is 245 g/mol. The molecule has 94 valence electrons. The second-order valence-corrected chi connectivity index (χ2v) is 5.19. The van der Waals surface area contributed by atoms with Gasteiger partial charge < -0.3 is 5.11 Å². The molecule has 0 radical (unpaired) electrons. The number of hydrogen-bond acceptors (Lipinski definition) is 3. The molecule has 1 aliphatic carbocycles. The van der Waals surface area contributed by atoms with Gasteiger partial charge in [0.2, 0.25) is 11.8 Å². The monoisotopic (exact) mass is 245 g/mol. The van der Waals surface area contributed by atoms with Crippen LogP contribution < -0.4 is 4.90 Å². The molecule has 1 N–H and O–H groups in total. The van der Waals surface area contributed by atoms with Gasteiger partial charge in [-0.25, -0.2) is 4.90 Å². The number of piperidine rings is 1. The van der Waals surface area contributed by atoms with Gasteiger partial charge in [-0.3, -0.25) is 9.59 Å². The number of phenols is 1. The molecule has 0 spiro atoms. The lowest BCUT2D eigenvalue weighted by molar-refractivity contribution is -0.132. The van der Waals surface area contributed by atoms with Crippen molar-refractivity contribution in [1.29, 1.82) is 0 Å². The Labute approximate surface area is 105 Å². The Bertz CT molecular complexity index is 516. The number of aromatic hydroxyl groups is 1. The smallest absolute Gasteiger partial charge is 0.236 e. The number of benzene rings is 1. The molecule has 1 aromatic rings. The molecule has 2 bridgehead atoms. The van der Waals surface area contributed by atoms with Crippen LogP contribution in [0.2, 0.25) is 0 Å². The van der Waals surface area contributed by atoms with Crippen molar-refractivity contribution >= 4 is 17.5 Å². The Morgan fingerprint density at radius 2 is 1.78 bits per heavy atom. The number of hydrogen-bond donors (Lipinski definition) is 1. The van der Waals surface area contributed by atoms with Gasteiger partial charge >= 0.3 is 0 Å². The van der Waals surface area contributed by atoms with Crippen LogP contribution in [0.25, 0.3) is 0 Å². The fourth-order valence-corrected chi connectivity index (χ4v) is 2.90. The summed E-state index contributed by atoms with van der Waals surface area (Å²) >= 11 is 0. The minimum Gasteiger partial charge on any atom is -0.508 e. The zero-order valence-corrected chi connectivity index (χ0v) is 10.2. The van der Waals surface area contributed by atoms with Crippen molar-refractivity contribution < 1.29 is 14.7 Å². The molecule has 1 saturated carbocycles. The van der Waals surface area contributed by atoms with Crippen molar-refractivity contribution in [3.63, 3.8) is 0 Å². The number of carbonyl (C=O) groups is 2. The van der Waals surface area contributed by atoms with Crippen LogP contribution in [0, 0.1) is 18.8 Å². The number of phenolic OH excluding ortho intramolecular Hbond substituents is 1. The maximum atomic E-state index is 12.2. The van der Waals surface area contributed by atoms with Gasteiger partial charge in [0.15, 0.2) is 0 Å². The van der Waals surface area contributed by atoms with Gasteiger partial charge in [0.05, 0.1) is 5.69 Å². The van der Waals surface area contributed by atoms with Crippen LogP contribution in [0.5, 0.6) is 5.75 Å². The Morgan fingerprint density at radius 1 is 1.17 bits per heavy atom. The van der Waals surface area contributed by atoms with Crippen molar-refractivity contribution in [1.82, 2.24) is 0 Å². The minimum atomic E-state index is -0.114. The first-order chi connectivity index (χ1) is 8.58. The molecule has 4 heteroatoms. The summed E-state index contributed by atoms with van der Waals surface area (Å²) in [7, 11) is 0. The first-order valence-electron chi connectivity index (χ1n) is 6.25. The number of amides is 2. The summed E-state index contributed by atoms with van der Waals surface area (Å²) in [5.41, 5.74) is 1.23. The molecule has 2 unspecified atom stereocenters. The van der Waals surface area contributed by atoms with Crippen molar-refractivity contribution in [3.8, 4) is 5.75 Å². The van der Waals surface area contributed by atoms with E-state index in [4.69, 9.17) is 0 Å². The number of nitrogens with zero attached hydrogens (tertiary/aromatic N) is 1. The maximum absolute atomic E-state index is 12.2. The zero-order chi connectivity index (χ0) is 12.9. The predicted molar refractivity (Wildman–Crippen MR) is 66.2 cm³/mol. The first-order valence-corrected chi connectivity index (χ1v) is 6.25. The number of aryl methyl sites for hydroxylation is 1. The summed E-state index contributed by atoms with van der Waals surface area (Å²) in [4.78, 5) is 25.7. The van der Waals surface area contributed by atoms with Crippen LogP contribution in [0.3, 0.4) is 0 Å². The standard InChI is InChI=1S/C14H15NO3/c1-8-2-5-11(7-12(8)16)15-13(17)9-3-4-10(6-9)14(15)18/h2,5,7,9-10,16H,3-4,6H2,1H3. The Kier molecular flexibility index (Phi) is 2.40. The van der Waals surface area contributed by atoms with E-state index in [-0.39, 0.29) is 29.4 Å². The van der Waals surface area contributed by atoms with E-state index in [1.165, 1.54) is 11.0 Å². The largest absolute Gasteiger partial charge is 0.508 e. The van der Waals surface area contributed by atoms with Gasteiger partial charge in [-0.1, -0.05) is 6.07 Å². The first kappa shape index (κ1) is 11.3. The number of rotatable bonds is 1. The fourth-order valence-electron chi connectivity index (χ4n) is 2.90. The summed E-state index contributed by atoms with van der Waals surface area (Å²) < 4.78 is 0.